The van der Waals surface area contributed by atoms with Crippen molar-refractivity contribution in [2.75, 3.05) is 20.8 Å². The number of rotatable bonds is 10. The Balaban J connectivity index is 1.06. The molecule has 7 rings (SSSR count). The van der Waals surface area contributed by atoms with Gasteiger partial charge in [-0.05, 0) is 165 Å². The summed E-state index contributed by atoms with van der Waals surface area (Å²) in [4.78, 5) is 26.4. The molecule has 5 fully saturated rings. The lowest BCUT2D eigenvalue weighted by Crippen LogP contribution is -2.67. The molecule has 0 N–H and O–H groups in total. The molecular weight excluding hydrogens is 697 g/mol. The molecule has 0 saturated heterocycles. The van der Waals surface area contributed by atoms with Gasteiger partial charge < -0.3 is 18.9 Å². The van der Waals surface area contributed by atoms with E-state index < -0.39 is 0 Å². The molecule has 2 aromatic carbocycles. The van der Waals surface area contributed by atoms with Crippen molar-refractivity contribution in [1.29, 1.82) is 0 Å². The van der Waals surface area contributed by atoms with Crippen LogP contribution in [0.1, 0.15) is 117 Å². The number of esters is 2. The molecule has 5 aliphatic carbocycles. The molecule has 0 aliphatic heterocycles. The van der Waals surface area contributed by atoms with Crippen LogP contribution in [0.4, 0.5) is 0 Å². The molecule has 0 spiro atoms. The molecule has 0 radical (unpaired) electrons. The summed E-state index contributed by atoms with van der Waals surface area (Å²) in [6.45, 7) is 19.9. The van der Waals surface area contributed by atoms with Gasteiger partial charge in [-0.1, -0.05) is 71.0 Å². The Kier molecular flexibility index (Phi) is 10.9. The fourth-order valence-electron chi connectivity index (χ4n) is 13.9. The first-order chi connectivity index (χ1) is 26.6. The second-order valence-electron chi connectivity index (χ2n) is 19.7. The first kappa shape index (κ1) is 40.4. The molecule has 0 amide bonds. The maximum Gasteiger partial charge on any atom is 0.331 e. The van der Waals surface area contributed by atoms with Crippen molar-refractivity contribution in [2.45, 2.75) is 112 Å². The molecule has 6 heteroatoms. The Hall–Kier alpha value is -3.80. The number of hydrogen-bond donors (Lipinski definition) is 0. The summed E-state index contributed by atoms with van der Waals surface area (Å²) >= 11 is 0. The third-order valence-corrected chi connectivity index (χ3v) is 17.0. The van der Waals surface area contributed by atoms with Gasteiger partial charge in [0.05, 0.1) is 20.8 Å². The largest absolute Gasteiger partial charge is 0.497 e. The number of hydrogen-bond acceptors (Lipinski definition) is 6. The molecule has 2 aromatic rings. The number of carbonyl (C=O) groups excluding carboxylic acids is 2. The first-order valence-electron chi connectivity index (χ1n) is 21.3. The molecule has 6 nitrogen and oxygen atoms in total. The lowest BCUT2D eigenvalue weighted by Gasteiger charge is -2.73. The van der Waals surface area contributed by atoms with Gasteiger partial charge in [0.2, 0.25) is 0 Å². The molecule has 0 aromatic heterocycles. The van der Waals surface area contributed by atoms with Gasteiger partial charge >= 0.3 is 11.9 Å². The molecule has 0 heterocycles. The van der Waals surface area contributed by atoms with E-state index in [0.717, 1.165) is 61.2 Å². The minimum Gasteiger partial charge on any atom is -0.497 e. The summed E-state index contributed by atoms with van der Waals surface area (Å²) in [5.74, 6) is 3.65. The first-order valence-corrected chi connectivity index (χ1v) is 21.3. The fourth-order valence-corrected chi connectivity index (χ4v) is 13.9. The summed E-state index contributed by atoms with van der Waals surface area (Å²) in [6, 6.07) is 15.4. The normalized spacial score (nSPS) is 37.1. The van der Waals surface area contributed by atoms with E-state index in [-0.39, 0.29) is 45.1 Å². The predicted octanol–water partition coefficient (Wildman–Crippen LogP) is 11.5. The van der Waals surface area contributed by atoms with Crippen LogP contribution in [-0.2, 0) is 19.1 Å². The summed E-state index contributed by atoms with van der Waals surface area (Å²) in [5.41, 5.74) is 3.62. The average Bonchev–Trinajstić information content (AvgIpc) is 3.57. The second kappa shape index (κ2) is 15.2. The van der Waals surface area contributed by atoms with Crippen LogP contribution in [0.3, 0.4) is 0 Å². The van der Waals surface area contributed by atoms with Crippen molar-refractivity contribution in [3.8, 4) is 11.5 Å². The predicted molar refractivity (Wildman–Crippen MR) is 224 cm³/mol. The molecular formula is C50H66O6. The number of allylic oxidation sites excluding steroid dienone is 1. The van der Waals surface area contributed by atoms with Crippen LogP contribution in [0.5, 0.6) is 11.5 Å². The molecule has 5 saturated carbocycles. The fraction of sp³-hybridized carbons (Fsp3) is 0.600. The van der Waals surface area contributed by atoms with Gasteiger partial charge in [-0.2, -0.15) is 0 Å². The number of fused-ring (bicyclic) bond motifs is 7. The van der Waals surface area contributed by atoms with Gasteiger partial charge in [0.1, 0.15) is 17.6 Å². The van der Waals surface area contributed by atoms with Crippen LogP contribution < -0.4 is 9.47 Å². The highest BCUT2D eigenvalue weighted by molar-refractivity contribution is 5.87. The third kappa shape index (κ3) is 6.85. The summed E-state index contributed by atoms with van der Waals surface area (Å²) in [6.07, 6.45) is 18.0. The van der Waals surface area contributed by atoms with Crippen LogP contribution in [-0.4, -0.2) is 38.9 Å². The SMILES string of the molecule is C=C(C)[C@H]1CC[C@]2(COC(=O)C=Cc3ccc(OC)cc3)CC[C@@]3(C)[C@@H](CC[C@H]4[C@@]5(C)CC[C@H](OC(=O)C=Cc6ccc(OC)cc6)C(C)(C)[C@@H]5CC[C@]43C)[C@@H]12. The highest BCUT2D eigenvalue weighted by Crippen LogP contribution is 2.77. The van der Waals surface area contributed by atoms with E-state index in [4.69, 9.17) is 18.9 Å². The number of carbonyl (C=O) groups is 2. The zero-order valence-electron chi connectivity index (χ0n) is 35.3. The van der Waals surface area contributed by atoms with E-state index in [1.807, 2.05) is 60.7 Å². The van der Waals surface area contributed by atoms with Crippen LogP contribution in [0, 0.1) is 56.7 Å². The van der Waals surface area contributed by atoms with E-state index in [0.29, 0.717) is 36.2 Å². The quantitative estimate of drug-likeness (QED) is 0.136. The standard InChI is InChI=1S/C50H66O6/c1-33(2)38-24-29-50(32-55-43(51)22-14-34-10-16-36(53-8)17-11-34)31-30-48(6)39(45(38)50)20-21-41-47(5)27-26-42(46(3,4)40(47)25-28-49(41,48)7)56-44(52)23-15-35-12-18-37(54-9)19-13-35/h10-19,22-23,38-42,45H,1,20-21,24-32H2,2-9H3/t38-,39+,40+,41+,42+,45-,47+,48+,49-,50-/m1/s1. The summed E-state index contributed by atoms with van der Waals surface area (Å²) in [7, 11) is 3.31. The molecule has 0 unspecified atom stereocenters. The van der Waals surface area contributed by atoms with Crippen molar-refractivity contribution < 1.29 is 28.5 Å². The van der Waals surface area contributed by atoms with Crippen molar-refractivity contribution in [2.24, 2.45) is 56.7 Å². The van der Waals surface area contributed by atoms with E-state index in [1.54, 1.807) is 26.4 Å². The molecule has 0 bridgehead atoms. The van der Waals surface area contributed by atoms with Gasteiger partial charge in [0.25, 0.3) is 0 Å². The average molecular weight is 763 g/mol. The lowest BCUT2D eigenvalue weighted by atomic mass is 9.32. The smallest absolute Gasteiger partial charge is 0.331 e. The van der Waals surface area contributed by atoms with Crippen molar-refractivity contribution in [1.82, 2.24) is 0 Å². The van der Waals surface area contributed by atoms with Crippen molar-refractivity contribution >= 4 is 24.1 Å². The van der Waals surface area contributed by atoms with Gasteiger partial charge in [-0.25, -0.2) is 9.59 Å². The van der Waals surface area contributed by atoms with E-state index in [1.165, 1.54) is 31.3 Å². The maximum absolute atomic E-state index is 13.2. The number of ether oxygens (including phenoxy) is 4. The van der Waals surface area contributed by atoms with Crippen LogP contribution >= 0.6 is 0 Å². The molecule has 302 valence electrons. The van der Waals surface area contributed by atoms with Crippen LogP contribution in [0.25, 0.3) is 12.2 Å². The Bertz CT molecular complexity index is 1840. The second-order valence-corrected chi connectivity index (χ2v) is 19.7. The van der Waals surface area contributed by atoms with Gasteiger partial charge in [-0.3, -0.25) is 0 Å². The molecule has 10 atom stereocenters. The van der Waals surface area contributed by atoms with Gasteiger partial charge in [-0.15, -0.1) is 0 Å². The van der Waals surface area contributed by atoms with Gasteiger partial charge in [0.15, 0.2) is 0 Å². The van der Waals surface area contributed by atoms with Crippen LogP contribution in [0.15, 0.2) is 72.8 Å². The van der Waals surface area contributed by atoms with Crippen LogP contribution in [0.2, 0.25) is 0 Å². The van der Waals surface area contributed by atoms with Gasteiger partial charge in [0, 0.05) is 23.0 Å². The summed E-state index contributed by atoms with van der Waals surface area (Å²) in [5, 5.41) is 0. The Morgan fingerprint density at radius 3 is 1.89 bits per heavy atom. The van der Waals surface area contributed by atoms with E-state index in [9.17, 15) is 9.59 Å². The third-order valence-electron chi connectivity index (χ3n) is 17.0. The Labute approximate surface area is 336 Å². The number of benzene rings is 2. The monoisotopic (exact) mass is 762 g/mol. The highest BCUT2D eigenvalue weighted by Gasteiger charge is 2.71. The Morgan fingerprint density at radius 1 is 0.696 bits per heavy atom. The minimum absolute atomic E-state index is 0.00649. The highest BCUT2D eigenvalue weighted by atomic mass is 16.5. The van der Waals surface area contributed by atoms with Crippen molar-refractivity contribution in [3.05, 3.63) is 84.0 Å². The topological polar surface area (TPSA) is 71.1 Å². The van der Waals surface area contributed by atoms with E-state index >= 15 is 0 Å². The minimum atomic E-state index is -0.264. The summed E-state index contributed by atoms with van der Waals surface area (Å²) < 4.78 is 23.1. The number of methoxy groups -OCH3 is 2. The Morgan fingerprint density at radius 2 is 1.30 bits per heavy atom. The molecule has 5 aliphatic rings. The zero-order chi connectivity index (χ0) is 40.1. The zero-order valence-corrected chi connectivity index (χ0v) is 35.3. The lowest BCUT2D eigenvalue weighted by molar-refractivity contribution is -0.251. The van der Waals surface area contributed by atoms with E-state index in [2.05, 4.69) is 48.1 Å². The maximum atomic E-state index is 13.2. The van der Waals surface area contributed by atoms with Crippen molar-refractivity contribution in [3.63, 3.8) is 0 Å². The molecule has 56 heavy (non-hydrogen) atoms.